The molecular formula is C23H25N3O2. The molecule has 1 aliphatic carbocycles. The number of hydrogen-bond donors (Lipinski definition) is 2. The summed E-state index contributed by atoms with van der Waals surface area (Å²) in [6, 6.07) is 15.4. The standard InChI is InChI=1S/C23H25N3O2/c27-21(19-15-23(19)9-11-24-12-10-23)25-18-6-3-5-17(14-18)22(28)26-13-8-16-4-1-2-7-20(16)26/h1-7,14,19,24H,8-13,15H2,(H,25,27). The number of hydrogen-bond acceptors (Lipinski definition) is 3. The van der Waals surface area contributed by atoms with E-state index in [2.05, 4.69) is 16.7 Å². The van der Waals surface area contributed by atoms with Crippen LogP contribution in [0.15, 0.2) is 48.5 Å². The third-order valence-electron chi connectivity index (χ3n) is 6.61. The summed E-state index contributed by atoms with van der Waals surface area (Å²) in [4.78, 5) is 27.6. The number of piperidine rings is 1. The fourth-order valence-electron chi connectivity index (χ4n) is 4.86. The zero-order valence-electron chi connectivity index (χ0n) is 15.9. The molecule has 5 rings (SSSR count). The van der Waals surface area contributed by atoms with Crippen LogP contribution in [0.4, 0.5) is 11.4 Å². The number of para-hydroxylation sites is 1. The van der Waals surface area contributed by atoms with E-state index in [1.54, 1.807) is 6.07 Å². The van der Waals surface area contributed by atoms with E-state index < -0.39 is 0 Å². The zero-order valence-corrected chi connectivity index (χ0v) is 15.9. The number of rotatable bonds is 3. The molecule has 2 aliphatic heterocycles. The average Bonchev–Trinajstić information content (AvgIpc) is 3.24. The van der Waals surface area contributed by atoms with E-state index in [0.717, 1.165) is 44.5 Å². The van der Waals surface area contributed by atoms with E-state index in [4.69, 9.17) is 0 Å². The van der Waals surface area contributed by atoms with Gasteiger partial charge in [0.05, 0.1) is 0 Å². The van der Waals surface area contributed by atoms with Crippen molar-refractivity contribution >= 4 is 23.2 Å². The van der Waals surface area contributed by atoms with Gasteiger partial charge in [0.1, 0.15) is 0 Å². The third kappa shape index (κ3) is 3.00. The van der Waals surface area contributed by atoms with Crippen molar-refractivity contribution in [1.82, 2.24) is 5.32 Å². The molecule has 1 spiro atoms. The molecule has 144 valence electrons. The monoisotopic (exact) mass is 375 g/mol. The molecule has 1 atom stereocenters. The molecule has 5 heteroatoms. The number of nitrogens with one attached hydrogen (secondary N) is 2. The van der Waals surface area contributed by atoms with Gasteiger partial charge < -0.3 is 15.5 Å². The maximum Gasteiger partial charge on any atom is 0.258 e. The lowest BCUT2D eigenvalue weighted by molar-refractivity contribution is -0.118. The van der Waals surface area contributed by atoms with Gasteiger partial charge in [-0.2, -0.15) is 0 Å². The van der Waals surface area contributed by atoms with Gasteiger partial charge in [0.15, 0.2) is 0 Å². The van der Waals surface area contributed by atoms with Crippen molar-refractivity contribution in [3.05, 3.63) is 59.7 Å². The quantitative estimate of drug-likeness (QED) is 0.866. The van der Waals surface area contributed by atoms with Crippen LogP contribution >= 0.6 is 0 Å². The van der Waals surface area contributed by atoms with Crippen LogP contribution in [0.2, 0.25) is 0 Å². The predicted molar refractivity (Wildman–Crippen MR) is 110 cm³/mol. The maximum atomic E-state index is 13.0. The minimum atomic E-state index is -0.0118. The number of carbonyl (C=O) groups excluding carboxylic acids is 2. The molecule has 3 aliphatic rings. The summed E-state index contributed by atoms with van der Waals surface area (Å²) in [5.41, 5.74) is 3.73. The van der Waals surface area contributed by atoms with Gasteiger partial charge in [0, 0.05) is 29.4 Å². The predicted octanol–water partition coefficient (Wildman–Crippen LogP) is 3.22. The largest absolute Gasteiger partial charge is 0.326 e. The summed E-state index contributed by atoms with van der Waals surface area (Å²) >= 11 is 0. The van der Waals surface area contributed by atoms with Crippen molar-refractivity contribution in [2.45, 2.75) is 25.7 Å². The van der Waals surface area contributed by atoms with Crippen molar-refractivity contribution in [3.63, 3.8) is 0 Å². The Morgan fingerprint density at radius 2 is 1.89 bits per heavy atom. The Balaban J connectivity index is 1.29. The molecule has 0 aromatic heterocycles. The van der Waals surface area contributed by atoms with E-state index in [0.29, 0.717) is 17.8 Å². The second-order valence-electron chi connectivity index (χ2n) is 8.27. The first-order valence-electron chi connectivity index (χ1n) is 10.2. The van der Waals surface area contributed by atoms with Crippen molar-refractivity contribution in [1.29, 1.82) is 0 Å². The van der Waals surface area contributed by atoms with Crippen molar-refractivity contribution < 1.29 is 9.59 Å². The van der Waals surface area contributed by atoms with Gasteiger partial charge in [0.2, 0.25) is 5.91 Å². The first-order valence-corrected chi connectivity index (χ1v) is 10.2. The van der Waals surface area contributed by atoms with Gasteiger partial charge in [-0.1, -0.05) is 24.3 Å². The number of nitrogens with zero attached hydrogens (tertiary/aromatic N) is 1. The summed E-state index contributed by atoms with van der Waals surface area (Å²) in [7, 11) is 0. The van der Waals surface area contributed by atoms with Gasteiger partial charge >= 0.3 is 0 Å². The molecule has 28 heavy (non-hydrogen) atoms. The summed E-state index contributed by atoms with van der Waals surface area (Å²) in [6.45, 7) is 2.71. The lowest BCUT2D eigenvalue weighted by atomic mass is 9.92. The normalized spacial score (nSPS) is 22.0. The van der Waals surface area contributed by atoms with Crippen LogP contribution in [-0.4, -0.2) is 31.4 Å². The highest BCUT2D eigenvalue weighted by molar-refractivity contribution is 6.08. The molecule has 2 fully saturated rings. The molecule has 5 nitrogen and oxygen atoms in total. The van der Waals surface area contributed by atoms with Crippen LogP contribution < -0.4 is 15.5 Å². The van der Waals surface area contributed by atoms with Crippen LogP contribution in [0.5, 0.6) is 0 Å². The fraction of sp³-hybridized carbons (Fsp3) is 0.391. The lowest BCUT2D eigenvalue weighted by Gasteiger charge is -2.23. The van der Waals surface area contributed by atoms with E-state index in [1.807, 2.05) is 41.3 Å². The number of fused-ring (bicyclic) bond motifs is 1. The zero-order chi connectivity index (χ0) is 19.1. The average molecular weight is 375 g/mol. The Kier molecular flexibility index (Phi) is 4.20. The van der Waals surface area contributed by atoms with Crippen LogP contribution in [0.3, 0.4) is 0 Å². The van der Waals surface area contributed by atoms with Crippen molar-refractivity contribution in [2.75, 3.05) is 29.9 Å². The number of amides is 2. The van der Waals surface area contributed by atoms with E-state index in [1.165, 1.54) is 5.56 Å². The summed E-state index contributed by atoms with van der Waals surface area (Å²) in [5.74, 6) is 0.194. The van der Waals surface area contributed by atoms with Gasteiger partial charge in [0.25, 0.3) is 5.91 Å². The Hall–Kier alpha value is -2.66. The molecule has 2 aromatic carbocycles. The topological polar surface area (TPSA) is 61.4 Å². The number of anilines is 2. The van der Waals surface area contributed by atoms with Crippen LogP contribution in [-0.2, 0) is 11.2 Å². The van der Waals surface area contributed by atoms with Gasteiger partial charge in [-0.3, -0.25) is 9.59 Å². The number of carbonyl (C=O) groups is 2. The molecule has 2 N–H and O–H groups in total. The van der Waals surface area contributed by atoms with E-state index in [9.17, 15) is 9.59 Å². The third-order valence-corrected chi connectivity index (χ3v) is 6.61. The highest BCUT2D eigenvalue weighted by atomic mass is 16.2. The molecule has 1 saturated carbocycles. The SMILES string of the molecule is O=C(Nc1cccc(C(=O)N2CCc3ccccc32)c1)C1CC12CCNCC2. The van der Waals surface area contributed by atoms with Crippen molar-refractivity contribution in [2.24, 2.45) is 11.3 Å². The molecule has 0 radical (unpaired) electrons. The molecule has 2 heterocycles. The number of benzene rings is 2. The summed E-state index contributed by atoms with van der Waals surface area (Å²) in [6.07, 6.45) is 4.04. The smallest absolute Gasteiger partial charge is 0.258 e. The Labute approximate surface area is 165 Å². The second kappa shape index (κ2) is 6.74. The van der Waals surface area contributed by atoms with Crippen molar-refractivity contribution in [3.8, 4) is 0 Å². The van der Waals surface area contributed by atoms with Crippen LogP contribution in [0.1, 0.15) is 35.2 Å². The fourth-order valence-corrected chi connectivity index (χ4v) is 4.86. The molecule has 2 amide bonds. The summed E-state index contributed by atoms with van der Waals surface area (Å²) < 4.78 is 0. The Morgan fingerprint density at radius 3 is 2.75 bits per heavy atom. The highest BCUT2D eigenvalue weighted by Crippen LogP contribution is 2.58. The first kappa shape index (κ1) is 17.4. The first-order chi connectivity index (χ1) is 13.7. The van der Waals surface area contributed by atoms with Gasteiger partial charge in [-0.15, -0.1) is 0 Å². The molecule has 1 saturated heterocycles. The second-order valence-corrected chi connectivity index (χ2v) is 8.27. The van der Waals surface area contributed by atoms with E-state index in [-0.39, 0.29) is 23.1 Å². The Morgan fingerprint density at radius 1 is 1.07 bits per heavy atom. The van der Waals surface area contributed by atoms with Crippen LogP contribution in [0, 0.1) is 11.3 Å². The van der Waals surface area contributed by atoms with Crippen LogP contribution in [0.25, 0.3) is 0 Å². The minimum Gasteiger partial charge on any atom is -0.326 e. The molecule has 0 bridgehead atoms. The summed E-state index contributed by atoms with van der Waals surface area (Å²) in [5, 5.41) is 6.42. The lowest BCUT2D eigenvalue weighted by Crippen LogP contribution is -2.31. The molecular weight excluding hydrogens is 350 g/mol. The van der Waals surface area contributed by atoms with Gasteiger partial charge in [-0.05, 0) is 74.0 Å². The minimum absolute atomic E-state index is 0.0118. The van der Waals surface area contributed by atoms with Gasteiger partial charge in [-0.25, -0.2) is 0 Å². The maximum absolute atomic E-state index is 13.0. The highest BCUT2D eigenvalue weighted by Gasteiger charge is 2.57. The molecule has 2 aromatic rings. The molecule has 1 unspecified atom stereocenters. The Bertz CT molecular complexity index is 933. The van der Waals surface area contributed by atoms with E-state index >= 15 is 0 Å².